The van der Waals surface area contributed by atoms with E-state index in [1.165, 1.54) is 22.2 Å². The fourth-order valence-electron chi connectivity index (χ4n) is 2.82. The maximum absolute atomic E-state index is 12.8. The third-order valence-corrected chi connectivity index (χ3v) is 5.62. The Hall–Kier alpha value is -2.77. The van der Waals surface area contributed by atoms with Crippen LogP contribution in [-0.4, -0.2) is 20.4 Å². The fourth-order valence-corrected chi connectivity index (χ4v) is 4.11. The lowest BCUT2D eigenvalue weighted by atomic mass is 10.2. The number of fused-ring (bicyclic) bond motifs is 3. The molecular formula is C19H15ClN4O2S. The standard InChI is InChI=1S/C19H15ClN4O2S/c1-10-6-14-16-17(27-18(14)22-11(10)2)19(26)24(9-21-16)8-15(25)23-13-5-3-4-12(20)7-13/h3-7,9H,8H2,1-2H3,(H,23,25). The number of benzene rings is 1. The van der Waals surface area contributed by atoms with Gasteiger partial charge in [0.25, 0.3) is 5.56 Å². The zero-order chi connectivity index (χ0) is 19.1. The minimum Gasteiger partial charge on any atom is -0.324 e. The Bertz CT molecular complexity index is 1260. The molecule has 0 saturated heterocycles. The summed E-state index contributed by atoms with van der Waals surface area (Å²) in [5.41, 5.74) is 2.93. The van der Waals surface area contributed by atoms with Crippen molar-refractivity contribution in [1.29, 1.82) is 0 Å². The highest BCUT2D eigenvalue weighted by Gasteiger charge is 2.15. The quantitative estimate of drug-likeness (QED) is 0.567. The van der Waals surface area contributed by atoms with Crippen LogP contribution >= 0.6 is 22.9 Å². The number of carbonyl (C=O) groups is 1. The number of amides is 1. The van der Waals surface area contributed by atoms with Crippen LogP contribution in [0.1, 0.15) is 11.3 Å². The van der Waals surface area contributed by atoms with Crippen LogP contribution < -0.4 is 10.9 Å². The van der Waals surface area contributed by atoms with Crippen molar-refractivity contribution >= 4 is 55.0 Å². The van der Waals surface area contributed by atoms with Gasteiger partial charge in [0.15, 0.2) is 0 Å². The van der Waals surface area contributed by atoms with E-state index in [0.29, 0.717) is 20.9 Å². The molecule has 0 saturated carbocycles. The number of nitrogens with zero attached hydrogens (tertiary/aromatic N) is 3. The van der Waals surface area contributed by atoms with E-state index >= 15 is 0 Å². The first kappa shape index (κ1) is 17.6. The van der Waals surface area contributed by atoms with Gasteiger partial charge in [-0.1, -0.05) is 17.7 Å². The summed E-state index contributed by atoms with van der Waals surface area (Å²) in [6, 6.07) is 8.84. The van der Waals surface area contributed by atoms with Crippen molar-refractivity contribution in [1.82, 2.24) is 14.5 Å². The van der Waals surface area contributed by atoms with Crippen LogP contribution in [0.5, 0.6) is 0 Å². The predicted octanol–water partition coefficient (Wildman–Crippen LogP) is 3.92. The van der Waals surface area contributed by atoms with Crippen molar-refractivity contribution in [3.8, 4) is 0 Å². The predicted molar refractivity (Wildman–Crippen MR) is 109 cm³/mol. The summed E-state index contributed by atoms with van der Waals surface area (Å²) in [7, 11) is 0. The third-order valence-electron chi connectivity index (χ3n) is 4.30. The molecule has 8 heteroatoms. The molecule has 0 aliphatic carbocycles. The maximum atomic E-state index is 12.8. The van der Waals surface area contributed by atoms with E-state index in [4.69, 9.17) is 11.6 Å². The molecule has 4 aromatic rings. The number of anilines is 1. The fraction of sp³-hybridized carbons (Fsp3) is 0.158. The van der Waals surface area contributed by atoms with Crippen molar-refractivity contribution in [2.24, 2.45) is 0 Å². The first-order valence-corrected chi connectivity index (χ1v) is 9.43. The molecule has 3 heterocycles. The van der Waals surface area contributed by atoms with Crippen molar-refractivity contribution in [2.75, 3.05) is 5.32 Å². The summed E-state index contributed by atoms with van der Waals surface area (Å²) in [6.45, 7) is 3.78. The number of rotatable bonds is 3. The van der Waals surface area contributed by atoms with Crippen molar-refractivity contribution < 1.29 is 4.79 Å². The lowest BCUT2D eigenvalue weighted by molar-refractivity contribution is -0.116. The number of aryl methyl sites for hydroxylation is 2. The molecule has 136 valence electrons. The van der Waals surface area contributed by atoms with E-state index in [2.05, 4.69) is 15.3 Å². The van der Waals surface area contributed by atoms with Crippen LogP contribution in [-0.2, 0) is 11.3 Å². The number of carbonyl (C=O) groups excluding carboxylic acids is 1. The van der Waals surface area contributed by atoms with Gasteiger partial charge in [0.05, 0.1) is 11.8 Å². The normalized spacial score (nSPS) is 11.2. The summed E-state index contributed by atoms with van der Waals surface area (Å²) in [5.74, 6) is -0.327. The molecule has 0 radical (unpaired) electrons. The van der Waals surface area contributed by atoms with Crippen LogP contribution in [0, 0.1) is 13.8 Å². The monoisotopic (exact) mass is 398 g/mol. The number of hydrogen-bond acceptors (Lipinski definition) is 5. The van der Waals surface area contributed by atoms with E-state index in [9.17, 15) is 9.59 Å². The van der Waals surface area contributed by atoms with Crippen molar-refractivity contribution in [3.05, 3.63) is 63.3 Å². The largest absolute Gasteiger partial charge is 0.324 e. The molecule has 1 aromatic carbocycles. The Labute approximate surface area is 163 Å². The van der Waals surface area contributed by atoms with Crippen LogP contribution in [0.3, 0.4) is 0 Å². The Morgan fingerprint density at radius 3 is 2.89 bits per heavy atom. The highest BCUT2D eigenvalue weighted by atomic mass is 35.5. The van der Waals surface area contributed by atoms with Gasteiger partial charge >= 0.3 is 0 Å². The Morgan fingerprint density at radius 1 is 1.30 bits per heavy atom. The van der Waals surface area contributed by atoms with Gasteiger partial charge < -0.3 is 5.32 Å². The summed E-state index contributed by atoms with van der Waals surface area (Å²) in [6.07, 6.45) is 1.41. The second-order valence-electron chi connectivity index (χ2n) is 6.26. The van der Waals surface area contributed by atoms with E-state index in [1.54, 1.807) is 24.3 Å². The number of hydrogen-bond donors (Lipinski definition) is 1. The van der Waals surface area contributed by atoms with Crippen LogP contribution in [0.15, 0.2) is 41.5 Å². The Kier molecular flexibility index (Phi) is 4.41. The molecule has 3 aromatic heterocycles. The van der Waals surface area contributed by atoms with Gasteiger partial charge in [-0.2, -0.15) is 0 Å². The first-order chi connectivity index (χ1) is 12.9. The van der Waals surface area contributed by atoms with Gasteiger partial charge in [-0.05, 0) is 43.7 Å². The number of halogens is 1. The molecule has 0 aliphatic rings. The summed E-state index contributed by atoms with van der Waals surface area (Å²) < 4.78 is 1.80. The molecule has 27 heavy (non-hydrogen) atoms. The molecule has 0 atom stereocenters. The maximum Gasteiger partial charge on any atom is 0.271 e. The SMILES string of the molecule is Cc1cc2c(nc1C)sc1c(=O)n(CC(=O)Nc3cccc(Cl)c3)cnc12. The molecule has 0 fully saturated rings. The van der Waals surface area contributed by atoms with Gasteiger partial charge in [0.2, 0.25) is 5.91 Å². The molecule has 6 nitrogen and oxygen atoms in total. The summed E-state index contributed by atoms with van der Waals surface area (Å²) in [5, 5.41) is 4.12. The van der Waals surface area contributed by atoms with Gasteiger partial charge in [0, 0.05) is 21.8 Å². The smallest absolute Gasteiger partial charge is 0.271 e. The van der Waals surface area contributed by atoms with E-state index < -0.39 is 0 Å². The molecule has 0 bridgehead atoms. The van der Waals surface area contributed by atoms with Crippen LogP contribution in [0.25, 0.3) is 20.4 Å². The lowest BCUT2D eigenvalue weighted by Gasteiger charge is -2.07. The molecule has 0 aliphatic heterocycles. The van der Waals surface area contributed by atoms with Crippen molar-refractivity contribution in [2.45, 2.75) is 20.4 Å². The molecular weight excluding hydrogens is 384 g/mol. The number of nitrogens with one attached hydrogen (secondary N) is 1. The number of thiophene rings is 1. The average Bonchev–Trinajstić information content (AvgIpc) is 2.96. The first-order valence-electron chi connectivity index (χ1n) is 8.23. The minimum absolute atomic E-state index is 0.131. The highest BCUT2D eigenvalue weighted by Crippen LogP contribution is 2.30. The lowest BCUT2D eigenvalue weighted by Crippen LogP contribution is -2.27. The summed E-state index contributed by atoms with van der Waals surface area (Å²) >= 11 is 7.22. The minimum atomic E-state index is -0.327. The average molecular weight is 399 g/mol. The van der Waals surface area contributed by atoms with Gasteiger partial charge in [-0.25, -0.2) is 9.97 Å². The van der Waals surface area contributed by atoms with Crippen molar-refractivity contribution in [3.63, 3.8) is 0 Å². The van der Waals surface area contributed by atoms with E-state index in [-0.39, 0.29) is 18.0 Å². The van der Waals surface area contributed by atoms with Gasteiger partial charge in [0.1, 0.15) is 16.1 Å². The Balaban J connectivity index is 1.68. The molecule has 4 rings (SSSR count). The zero-order valence-corrected chi connectivity index (χ0v) is 16.2. The summed E-state index contributed by atoms with van der Waals surface area (Å²) in [4.78, 5) is 34.8. The van der Waals surface area contributed by atoms with Crippen LogP contribution in [0.2, 0.25) is 5.02 Å². The van der Waals surface area contributed by atoms with Gasteiger partial charge in [-0.15, -0.1) is 11.3 Å². The molecule has 1 N–H and O–H groups in total. The second-order valence-corrected chi connectivity index (χ2v) is 7.69. The molecule has 1 amide bonds. The third kappa shape index (κ3) is 3.31. The molecule has 0 spiro atoms. The van der Waals surface area contributed by atoms with E-state index in [1.807, 2.05) is 19.9 Å². The second kappa shape index (κ2) is 6.75. The highest BCUT2D eigenvalue weighted by molar-refractivity contribution is 7.25. The Morgan fingerprint density at radius 2 is 2.11 bits per heavy atom. The number of pyridine rings is 1. The zero-order valence-electron chi connectivity index (χ0n) is 14.6. The van der Waals surface area contributed by atoms with Gasteiger partial charge in [-0.3, -0.25) is 14.2 Å². The van der Waals surface area contributed by atoms with E-state index in [0.717, 1.165) is 21.5 Å². The molecule has 0 unspecified atom stereocenters. The number of aromatic nitrogens is 3. The topological polar surface area (TPSA) is 76.9 Å². The van der Waals surface area contributed by atoms with Crippen LogP contribution in [0.4, 0.5) is 5.69 Å².